The number of nitrogens with zero attached hydrogens (tertiary/aromatic N) is 2. The number of rotatable bonds is 4. The van der Waals surface area contributed by atoms with E-state index in [9.17, 15) is 0 Å². The molecule has 1 aromatic heterocycles. The van der Waals surface area contributed by atoms with Crippen LogP contribution in [0.5, 0.6) is 0 Å². The summed E-state index contributed by atoms with van der Waals surface area (Å²) in [6.45, 7) is 5.47. The zero-order valence-electron chi connectivity index (χ0n) is 16.8. The van der Waals surface area contributed by atoms with Crippen molar-refractivity contribution in [3.63, 3.8) is 0 Å². The molecule has 1 saturated carbocycles. The van der Waals surface area contributed by atoms with Gasteiger partial charge in [0.25, 0.3) is 0 Å². The van der Waals surface area contributed by atoms with Gasteiger partial charge < -0.3 is 15.2 Å². The molecule has 146 valence electrons. The predicted octanol–water partition coefficient (Wildman–Crippen LogP) is 5.20. The van der Waals surface area contributed by atoms with Gasteiger partial charge in [0.2, 0.25) is 0 Å². The second-order valence-electron chi connectivity index (χ2n) is 8.86. The first-order valence-electron chi connectivity index (χ1n) is 10.9. The maximum Gasteiger partial charge on any atom is 0.0489 e. The van der Waals surface area contributed by atoms with Gasteiger partial charge in [-0.05, 0) is 66.5 Å². The van der Waals surface area contributed by atoms with Gasteiger partial charge in [0, 0.05) is 48.8 Å². The molecule has 0 spiro atoms. The fourth-order valence-corrected chi connectivity index (χ4v) is 5.31. The van der Waals surface area contributed by atoms with Crippen LogP contribution in [0.25, 0.3) is 22.0 Å². The van der Waals surface area contributed by atoms with Crippen LogP contribution in [0.4, 0.5) is 0 Å². The van der Waals surface area contributed by atoms with Crippen LogP contribution in [0, 0.1) is 5.92 Å². The molecule has 0 bridgehead atoms. The van der Waals surface area contributed by atoms with E-state index < -0.39 is 0 Å². The molecule has 2 aromatic carbocycles. The molecule has 0 radical (unpaired) electrons. The van der Waals surface area contributed by atoms with Gasteiger partial charge in [-0.1, -0.05) is 37.3 Å². The summed E-state index contributed by atoms with van der Waals surface area (Å²) in [6, 6.07) is 19.2. The smallest absolute Gasteiger partial charge is 0.0489 e. The van der Waals surface area contributed by atoms with Crippen molar-refractivity contribution in [2.75, 3.05) is 13.1 Å². The standard InChI is InChI=1S/C25H31N3/c1-18-14-22(15-18)27-11-8-21(9-12-27)28-13-10-24-23(6-3-7-25(24)28)20-5-2-4-19(16-20)17-26/h2-7,10,13,16,18,21-22H,8-9,11-12,14-15,17,26H2,1H3. The van der Waals surface area contributed by atoms with E-state index in [1.807, 2.05) is 0 Å². The number of likely N-dealkylation sites (tertiary alicyclic amines) is 1. The highest BCUT2D eigenvalue weighted by atomic mass is 15.2. The molecule has 5 rings (SSSR count). The Hall–Kier alpha value is -2.10. The molecule has 3 aromatic rings. The fourth-order valence-electron chi connectivity index (χ4n) is 5.31. The van der Waals surface area contributed by atoms with Crippen LogP contribution < -0.4 is 5.73 Å². The molecule has 28 heavy (non-hydrogen) atoms. The van der Waals surface area contributed by atoms with Crippen LogP contribution in [0.3, 0.4) is 0 Å². The lowest BCUT2D eigenvalue weighted by atomic mass is 9.80. The lowest BCUT2D eigenvalue weighted by Gasteiger charge is -2.45. The lowest BCUT2D eigenvalue weighted by Crippen LogP contribution is -2.47. The second-order valence-corrected chi connectivity index (χ2v) is 8.86. The first-order valence-corrected chi connectivity index (χ1v) is 10.9. The number of nitrogens with two attached hydrogens (primary N) is 1. The summed E-state index contributed by atoms with van der Waals surface area (Å²) in [6.07, 6.45) is 7.65. The Balaban J connectivity index is 1.40. The first-order chi connectivity index (χ1) is 13.7. The van der Waals surface area contributed by atoms with E-state index in [1.54, 1.807) is 0 Å². The van der Waals surface area contributed by atoms with Gasteiger partial charge in [-0.25, -0.2) is 0 Å². The summed E-state index contributed by atoms with van der Waals surface area (Å²) in [5.74, 6) is 0.937. The number of aromatic nitrogens is 1. The topological polar surface area (TPSA) is 34.2 Å². The molecule has 0 atom stereocenters. The maximum atomic E-state index is 5.86. The Bertz CT molecular complexity index is 959. The SMILES string of the molecule is CC1CC(N2CCC(n3ccc4c(-c5cccc(CN)c5)cccc43)CC2)C1. The Labute approximate surface area is 168 Å². The van der Waals surface area contributed by atoms with Crippen molar-refractivity contribution in [1.82, 2.24) is 9.47 Å². The molecule has 2 N–H and O–H groups in total. The van der Waals surface area contributed by atoms with E-state index in [2.05, 4.69) is 71.1 Å². The van der Waals surface area contributed by atoms with Crippen molar-refractivity contribution in [3.8, 4) is 11.1 Å². The number of piperidine rings is 1. The van der Waals surface area contributed by atoms with E-state index >= 15 is 0 Å². The van der Waals surface area contributed by atoms with Crippen LogP contribution >= 0.6 is 0 Å². The predicted molar refractivity (Wildman–Crippen MR) is 117 cm³/mol. The summed E-state index contributed by atoms with van der Waals surface area (Å²) in [4.78, 5) is 2.74. The molecule has 3 nitrogen and oxygen atoms in total. The van der Waals surface area contributed by atoms with Crippen molar-refractivity contribution < 1.29 is 0 Å². The highest BCUT2D eigenvalue weighted by molar-refractivity contribution is 5.95. The summed E-state index contributed by atoms with van der Waals surface area (Å²) in [5.41, 5.74) is 11.0. The van der Waals surface area contributed by atoms with Crippen molar-refractivity contribution in [3.05, 3.63) is 60.3 Å². The second kappa shape index (κ2) is 7.38. The fraction of sp³-hybridized carbons (Fsp3) is 0.440. The first kappa shape index (κ1) is 18.0. The third-order valence-electron chi connectivity index (χ3n) is 6.99. The Morgan fingerprint density at radius 1 is 0.964 bits per heavy atom. The van der Waals surface area contributed by atoms with E-state index in [1.165, 1.54) is 66.4 Å². The normalized spacial score (nSPS) is 23.8. The van der Waals surface area contributed by atoms with Crippen LogP contribution in [0.1, 0.15) is 44.2 Å². The molecule has 3 heteroatoms. The molecule has 2 aliphatic rings. The number of fused-ring (bicyclic) bond motifs is 1. The number of hydrogen-bond donors (Lipinski definition) is 1. The Kier molecular flexibility index (Phi) is 4.73. The van der Waals surface area contributed by atoms with Crippen LogP contribution in [-0.4, -0.2) is 28.6 Å². The number of hydrogen-bond acceptors (Lipinski definition) is 2. The van der Waals surface area contributed by atoms with Crippen LogP contribution in [0.2, 0.25) is 0 Å². The van der Waals surface area contributed by atoms with Crippen molar-refractivity contribution in [2.24, 2.45) is 11.7 Å². The van der Waals surface area contributed by atoms with Crippen molar-refractivity contribution in [2.45, 2.75) is 51.2 Å². The molecular weight excluding hydrogens is 342 g/mol. The van der Waals surface area contributed by atoms with Gasteiger partial charge in [-0.3, -0.25) is 0 Å². The molecule has 1 saturated heterocycles. The quantitative estimate of drug-likeness (QED) is 0.682. The molecule has 2 fully saturated rings. The van der Waals surface area contributed by atoms with Crippen molar-refractivity contribution in [1.29, 1.82) is 0 Å². The average molecular weight is 374 g/mol. The zero-order chi connectivity index (χ0) is 19.1. The Morgan fingerprint density at radius 2 is 1.75 bits per heavy atom. The molecule has 0 amide bonds. The van der Waals surface area contributed by atoms with Crippen LogP contribution in [-0.2, 0) is 6.54 Å². The summed E-state index contributed by atoms with van der Waals surface area (Å²) >= 11 is 0. The van der Waals surface area contributed by atoms with Crippen LogP contribution in [0.15, 0.2) is 54.7 Å². The minimum absolute atomic E-state index is 0.586. The lowest BCUT2D eigenvalue weighted by molar-refractivity contribution is 0.0568. The minimum Gasteiger partial charge on any atom is -0.344 e. The van der Waals surface area contributed by atoms with E-state index in [4.69, 9.17) is 5.73 Å². The van der Waals surface area contributed by atoms with Gasteiger partial charge in [0.05, 0.1) is 0 Å². The molecule has 1 aliphatic heterocycles. The average Bonchev–Trinajstić information content (AvgIpc) is 3.16. The third kappa shape index (κ3) is 3.17. The Morgan fingerprint density at radius 3 is 2.50 bits per heavy atom. The summed E-state index contributed by atoms with van der Waals surface area (Å²) < 4.78 is 2.53. The zero-order valence-corrected chi connectivity index (χ0v) is 16.8. The van der Waals surface area contributed by atoms with E-state index in [0.29, 0.717) is 12.6 Å². The monoisotopic (exact) mass is 373 g/mol. The van der Waals surface area contributed by atoms with Gasteiger partial charge in [-0.15, -0.1) is 0 Å². The minimum atomic E-state index is 0.586. The molecule has 1 aliphatic carbocycles. The molecule has 2 heterocycles. The summed E-state index contributed by atoms with van der Waals surface area (Å²) in [5, 5.41) is 1.35. The van der Waals surface area contributed by atoms with Gasteiger partial charge in [-0.2, -0.15) is 0 Å². The van der Waals surface area contributed by atoms with Gasteiger partial charge in [0.1, 0.15) is 0 Å². The largest absolute Gasteiger partial charge is 0.344 e. The van der Waals surface area contributed by atoms with E-state index in [-0.39, 0.29) is 0 Å². The molecular formula is C25H31N3. The summed E-state index contributed by atoms with van der Waals surface area (Å²) in [7, 11) is 0. The van der Waals surface area contributed by atoms with Crippen molar-refractivity contribution >= 4 is 10.9 Å². The number of benzene rings is 2. The highest BCUT2D eigenvalue weighted by Crippen LogP contribution is 2.37. The highest BCUT2D eigenvalue weighted by Gasteiger charge is 2.33. The maximum absolute atomic E-state index is 5.86. The van der Waals surface area contributed by atoms with E-state index in [0.717, 1.165) is 12.0 Å². The molecule has 0 unspecified atom stereocenters. The third-order valence-corrected chi connectivity index (χ3v) is 6.99. The van der Waals surface area contributed by atoms with Gasteiger partial charge in [0.15, 0.2) is 0 Å². The van der Waals surface area contributed by atoms with Gasteiger partial charge >= 0.3 is 0 Å².